The third kappa shape index (κ3) is 4.74. The molecule has 0 fully saturated rings. The maximum absolute atomic E-state index is 12.5. The number of rotatable bonds is 7. The Bertz CT molecular complexity index is 815. The van der Waals surface area contributed by atoms with Crippen LogP contribution in [0, 0.1) is 0 Å². The molecule has 136 valence electrons. The molecule has 0 saturated carbocycles. The zero-order valence-corrected chi connectivity index (χ0v) is 15.7. The minimum absolute atomic E-state index is 0.0230. The molecule has 0 saturated heterocycles. The lowest BCUT2D eigenvalue weighted by molar-refractivity contribution is 0.0930. The summed E-state index contributed by atoms with van der Waals surface area (Å²) in [4.78, 5) is 15.4. The van der Waals surface area contributed by atoms with E-state index in [9.17, 15) is 4.79 Å². The number of carbonyl (C=O) groups excluding carboxylic acids is 1. The minimum atomic E-state index is -0.139. The van der Waals surface area contributed by atoms with E-state index in [-0.39, 0.29) is 12.1 Å². The highest BCUT2D eigenvalue weighted by molar-refractivity contribution is 7.10. The number of ether oxygens (including phenoxy) is 1. The lowest BCUT2D eigenvalue weighted by Crippen LogP contribution is -2.33. The second-order valence-corrected chi connectivity index (χ2v) is 6.98. The molecular formula is C20H22N2O3S. The van der Waals surface area contributed by atoms with Crippen LogP contribution in [0.25, 0.3) is 0 Å². The fourth-order valence-electron chi connectivity index (χ4n) is 2.51. The van der Waals surface area contributed by atoms with E-state index in [1.165, 1.54) is 0 Å². The number of hydrogen-bond donors (Lipinski definition) is 1. The van der Waals surface area contributed by atoms with Gasteiger partial charge in [-0.05, 0) is 48.2 Å². The predicted molar refractivity (Wildman–Crippen MR) is 103 cm³/mol. The minimum Gasteiger partial charge on any atom is -0.467 e. The van der Waals surface area contributed by atoms with Gasteiger partial charge in [-0.3, -0.25) is 0 Å². The van der Waals surface area contributed by atoms with Crippen LogP contribution in [-0.4, -0.2) is 18.0 Å². The molecule has 0 aliphatic heterocycles. The molecule has 5 nitrogen and oxygen atoms in total. The summed E-state index contributed by atoms with van der Waals surface area (Å²) in [6.07, 6.45) is 1.63. The number of thiophene rings is 1. The number of nitrogens with one attached hydrogen (secondary N) is 1. The second kappa shape index (κ2) is 8.69. The molecule has 0 aliphatic rings. The highest BCUT2D eigenvalue weighted by Crippen LogP contribution is 2.24. The largest absolute Gasteiger partial charge is 0.467 e. The van der Waals surface area contributed by atoms with Crippen LogP contribution >= 0.6 is 11.3 Å². The highest BCUT2D eigenvalue weighted by Gasteiger charge is 2.18. The fourth-order valence-corrected chi connectivity index (χ4v) is 3.34. The van der Waals surface area contributed by atoms with Crippen molar-refractivity contribution in [3.05, 3.63) is 76.4 Å². The number of nitrogens with zero attached hydrogens (tertiary/aromatic N) is 1. The Kier molecular flexibility index (Phi) is 6.09. The first kappa shape index (κ1) is 18.2. The molecule has 26 heavy (non-hydrogen) atoms. The molecule has 0 bridgehead atoms. The summed E-state index contributed by atoms with van der Waals surface area (Å²) in [7, 11) is 1.80. The summed E-state index contributed by atoms with van der Waals surface area (Å²) in [5.74, 6) is 0.790. The van der Waals surface area contributed by atoms with Crippen molar-refractivity contribution in [3.63, 3.8) is 0 Å². The van der Waals surface area contributed by atoms with Crippen molar-refractivity contribution in [1.29, 1.82) is 0 Å². The number of hydrogen-bond acceptors (Lipinski definition) is 4. The van der Waals surface area contributed by atoms with Crippen LogP contribution in [-0.2, 0) is 18.0 Å². The van der Waals surface area contributed by atoms with E-state index in [4.69, 9.17) is 9.15 Å². The summed E-state index contributed by atoms with van der Waals surface area (Å²) in [5.41, 5.74) is 1.74. The molecule has 1 unspecified atom stereocenters. The molecule has 1 atom stereocenters. The van der Waals surface area contributed by atoms with Crippen molar-refractivity contribution in [2.24, 2.45) is 0 Å². The lowest BCUT2D eigenvalue weighted by atomic mass is 10.2. The Labute approximate surface area is 157 Å². The third-order valence-electron chi connectivity index (χ3n) is 4.13. The summed E-state index contributed by atoms with van der Waals surface area (Å²) in [6, 6.07) is 15.3. The van der Waals surface area contributed by atoms with Gasteiger partial charge in [0.05, 0.1) is 18.9 Å². The Morgan fingerprint density at radius 3 is 2.85 bits per heavy atom. The maximum atomic E-state index is 12.5. The Morgan fingerprint density at radius 2 is 2.12 bits per heavy atom. The Hall–Kier alpha value is -2.57. The first-order valence-electron chi connectivity index (χ1n) is 8.40. The summed E-state index contributed by atoms with van der Waals surface area (Å²) in [5, 5.41) is 4.96. The van der Waals surface area contributed by atoms with E-state index in [1.54, 1.807) is 29.5 Å². The van der Waals surface area contributed by atoms with Crippen molar-refractivity contribution >= 4 is 23.1 Å². The average molecular weight is 370 g/mol. The molecule has 1 aromatic carbocycles. The van der Waals surface area contributed by atoms with Gasteiger partial charge in [0.15, 0.2) is 0 Å². The number of furan rings is 1. The molecule has 0 spiro atoms. The zero-order chi connectivity index (χ0) is 18.4. The van der Waals surface area contributed by atoms with E-state index < -0.39 is 0 Å². The highest BCUT2D eigenvalue weighted by atomic mass is 32.1. The van der Waals surface area contributed by atoms with Gasteiger partial charge in [-0.25, -0.2) is 4.79 Å². The molecule has 0 radical (unpaired) electrons. The van der Waals surface area contributed by atoms with Crippen LogP contribution in [0.2, 0.25) is 0 Å². The molecule has 3 rings (SSSR count). The summed E-state index contributed by atoms with van der Waals surface area (Å²) in [6.45, 7) is 2.89. The van der Waals surface area contributed by atoms with E-state index in [1.807, 2.05) is 60.8 Å². The Balaban J connectivity index is 1.54. The molecular weight excluding hydrogens is 348 g/mol. The number of amides is 2. The predicted octanol–water partition coefficient (Wildman–Crippen LogP) is 5.28. The van der Waals surface area contributed by atoms with Crippen molar-refractivity contribution in [1.82, 2.24) is 4.90 Å². The molecule has 2 aromatic heterocycles. The van der Waals surface area contributed by atoms with E-state index in [0.717, 1.165) is 21.9 Å². The average Bonchev–Trinajstić information content (AvgIpc) is 3.34. The van der Waals surface area contributed by atoms with Crippen LogP contribution < -0.4 is 5.32 Å². The third-order valence-corrected chi connectivity index (χ3v) is 5.17. The monoisotopic (exact) mass is 370 g/mol. The lowest BCUT2D eigenvalue weighted by Gasteiger charge is -2.24. The molecule has 3 aromatic rings. The van der Waals surface area contributed by atoms with Crippen LogP contribution in [0.1, 0.15) is 29.2 Å². The van der Waals surface area contributed by atoms with Gasteiger partial charge >= 0.3 is 6.03 Å². The quantitative estimate of drug-likeness (QED) is 0.615. The van der Waals surface area contributed by atoms with Gasteiger partial charge in [0.25, 0.3) is 0 Å². The molecule has 2 heterocycles. The Morgan fingerprint density at radius 1 is 1.23 bits per heavy atom. The van der Waals surface area contributed by atoms with E-state index in [0.29, 0.717) is 13.2 Å². The van der Waals surface area contributed by atoms with Crippen molar-refractivity contribution in [2.45, 2.75) is 26.2 Å². The van der Waals surface area contributed by atoms with Crippen LogP contribution in [0.4, 0.5) is 10.5 Å². The van der Waals surface area contributed by atoms with E-state index >= 15 is 0 Å². The van der Waals surface area contributed by atoms with Crippen molar-refractivity contribution in [3.8, 4) is 0 Å². The number of benzene rings is 1. The number of anilines is 1. The van der Waals surface area contributed by atoms with Crippen LogP contribution in [0.5, 0.6) is 0 Å². The van der Waals surface area contributed by atoms with Gasteiger partial charge in [-0.2, -0.15) is 0 Å². The van der Waals surface area contributed by atoms with Gasteiger partial charge in [-0.15, -0.1) is 11.3 Å². The van der Waals surface area contributed by atoms with Gasteiger partial charge in [0.1, 0.15) is 12.4 Å². The molecule has 6 heteroatoms. The van der Waals surface area contributed by atoms with Crippen LogP contribution in [0.15, 0.2) is 64.6 Å². The van der Waals surface area contributed by atoms with Crippen molar-refractivity contribution < 1.29 is 13.9 Å². The summed E-state index contributed by atoms with van der Waals surface area (Å²) < 4.78 is 10.9. The van der Waals surface area contributed by atoms with Crippen LogP contribution in [0.3, 0.4) is 0 Å². The first-order chi connectivity index (χ1) is 12.6. The molecule has 2 amide bonds. The number of carbonyl (C=O) groups is 1. The normalized spacial score (nSPS) is 11.9. The second-order valence-electron chi connectivity index (χ2n) is 6.00. The van der Waals surface area contributed by atoms with Gasteiger partial charge in [-0.1, -0.05) is 18.2 Å². The van der Waals surface area contributed by atoms with E-state index in [2.05, 4.69) is 5.32 Å². The smallest absolute Gasteiger partial charge is 0.322 e. The standard InChI is InChI=1S/C20H22N2O3S/c1-15(19-9-5-11-26-19)22(2)20(23)21-17-7-3-6-16(12-17)13-24-14-18-8-4-10-25-18/h3-12,15H,13-14H2,1-2H3,(H,21,23). The fraction of sp³-hybridized carbons (Fsp3) is 0.250. The first-order valence-corrected chi connectivity index (χ1v) is 9.27. The zero-order valence-electron chi connectivity index (χ0n) is 14.8. The van der Waals surface area contributed by atoms with Gasteiger partial charge < -0.3 is 19.4 Å². The van der Waals surface area contributed by atoms with Gasteiger partial charge in [0.2, 0.25) is 0 Å². The summed E-state index contributed by atoms with van der Waals surface area (Å²) >= 11 is 1.65. The SMILES string of the molecule is CC(c1cccs1)N(C)C(=O)Nc1cccc(COCc2ccco2)c1. The number of urea groups is 1. The molecule has 1 N–H and O–H groups in total. The topological polar surface area (TPSA) is 54.7 Å². The molecule has 0 aliphatic carbocycles. The van der Waals surface area contributed by atoms with Crippen molar-refractivity contribution in [2.75, 3.05) is 12.4 Å². The maximum Gasteiger partial charge on any atom is 0.322 e. The van der Waals surface area contributed by atoms with Gasteiger partial charge in [0, 0.05) is 17.6 Å².